The van der Waals surface area contributed by atoms with Gasteiger partial charge in [-0.15, -0.1) is 0 Å². The average molecular weight is 225 g/mol. The monoisotopic (exact) mass is 225 g/mol. The van der Waals surface area contributed by atoms with E-state index in [2.05, 4.69) is 56.1 Å². The highest BCUT2D eigenvalue weighted by Gasteiger charge is 2.25. The summed E-state index contributed by atoms with van der Waals surface area (Å²) in [5.74, 6) is 0. The predicted octanol–water partition coefficient (Wildman–Crippen LogP) is 1.48. The van der Waals surface area contributed by atoms with E-state index in [0.717, 1.165) is 19.6 Å². The van der Waals surface area contributed by atoms with Crippen LogP contribution >= 0.6 is 0 Å². The molecular formula is C13H27N3. The first-order valence-corrected chi connectivity index (χ1v) is 6.13. The molecule has 3 nitrogen and oxygen atoms in total. The van der Waals surface area contributed by atoms with Crippen LogP contribution in [0.4, 0.5) is 0 Å². The van der Waals surface area contributed by atoms with E-state index in [1.807, 2.05) is 0 Å². The second-order valence-electron chi connectivity index (χ2n) is 5.89. The lowest BCUT2D eigenvalue weighted by Crippen LogP contribution is -2.53. The molecule has 0 aromatic heterocycles. The Bertz CT molecular complexity index is 232. The fraction of sp³-hybridized carbons (Fsp3) is 0.846. The summed E-state index contributed by atoms with van der Waals surface area (Å²) >= 11 is 0. The van der Waals surface area contributed by atoms with Crippen LogP contribution in [-0.2, 0) is 0 Å². The Kier molecular flexibility index (Phi) is 4.39. The maximum atomic E-state index is 4.09. The lowest BCUT2D eigenvalue weighted by atomic mass is 10.0. The zero-order valence-electron chi connectivity index (χ0n) is 11.6. The van der Waals surface area contributed by atoms with Crippen molar-refractivity contribution in [1.82, 2.24) is 14.7 Å². The Morgan fingerprint density at radius 2 is 1.62 bits per heavy atom. The van der Waals surface area contributed by atoms with Crippen molar-refractivity contribution in [3.8, 4) is 0 Å². The molecule has 0 amide bonds. The SMILES string of the molecule is C=C(CN1CCN(C(C)(C)C)CC1)N(C)C. The maximum absolute atomic E-state index is 4.09. The van der Waals surface area contributed by atoms with Crippen molar-refractivity contribution in [2.75, 3.05) is 46.8 Å². The molecule has 16 heavy (non-hydrogen) atoms. The Labute approximate surface area is 101 Å². The van der Waals surface area contributed by atoms with Crippen molar-refractivity contribution in [1.29, 1.82) is 0 Å². The molecule has 0 bridgehead atoms. The number of hydrogen-bond acceptors (Lipinski definition) is 3. The molecule has 0 aromatic rings. The number of hydrogen-bond donors (Lipinski definition) is 0. The molecule has 0 spiro atoms. The molecule has 3 heteroatoms. The summed E-state index contributed by atoms with van der Waals surface area (Å²) < 4.78 is 0. The standard InChI is InChI=1S/C13H27N3/c1-12(14(5)6)11-15-7-9-16(10-8-15)13(2,3)4/h1,7-11H2,2-6H3. The molecule has 94 valence electrons. The van der Waals surface area contributed by atoms with Gasteiger partial charge in [-0.25, -0.2) is 0 Å². The third-order valence-corrected chi connectivity index (χ3v) is 3.36. The second-order valence-corrected chi connectivity index (χ2v) is 5.89. The first-order chi connectivity index (χ1) is 7.30. The second kappa shape index (κ2) is 5.19. The van der Waals surface area contributed by atoms with Gasteiger partial charge in [0, 0.05) is 58.1 Å². The zero-order chi connectivity index (χ0) is 12.3. The maximum Gasteiger partial charge on any atom is 0.0378 e. The molecule has 1 saturated heterocycles. The predicted molar refractivity (Wildman–Crippen MR) is 70.6 cm³/mol. The summed E-state index contributed by atoms with van der Waals surface area (Å²) in [6.45, 7) is 16.6. The summed E-state index contributed by atoms with van der Waals surface area (Å²) in [5, 5.41) is 0. The van der Waals surface area contributed by atoms with Gasteiger partial charge in [0.1, 0.15) is 0 Å². The van der Waals surface area contributed by atoms with E-state index < -0.39 is 0 Å². The number of likely N-dealkylation sites (N-methyl/N-ethyl adjacent to an activating group) is 1. The van der Waals surface area contributed by atoms with Crippen molar-refractivity contribution in [2.45, 2.75) is 26.3 Å². The van der Waals surface area contributed by atoms with Gasteiger partial charge in [-0.2, -0.15) is 0 Å². The van der Waals surface area contributed by atoms with Crippen molar-refractivity contribution in [3.05, 3.63) is 12.3 Å². The molecule has 0 aliphatic carbocycles. The lowest BCUT2D eigenvalue weighted by molar-refractivity contribution is 0.0643. The van der Waals surface area contributed by atoms with E-state index in [-0.39, 0.29) is 0 Å². The molecule has 0 saturated carbocycles. The number of piperazine rings is 1. The van der Waals surface area contributed by atoms with Crippen LogP contribution in [0.2, 0.25) is 0 Å². The molecule has 1 rings (SSSR count). The lowest BCUT2D eigenvalue weighted by Gasteiger charge is -2.42. The summed E-state index contributed by atoms with van der Waals surface area (Å²) in [4.78, 5) is 7.16. The first-order valence-electron chi connectivity index (χ1n) is 6.13. The van der Waals surface area contributed by atoms with E-state index in [0.29, 0.717) is 5.54 Å². The van der Waals surface area contributed by atoms with Gasteiger partial charge in [0.05, 0.1) is 0 Å². The van der Waals surface area contributed by atoms with Crippen LogP contribution in [0.15, 0.2) is 12.3 Å². The quantitative estimate of drug-likeness (QED) is 0.720. The van der Waals surface area contributed by atoms with Crippen LogP contribution in [0.3, 0.4) is 0 Å². The third kappa shape index (κ3) is 3.80. The van der Waals surface area contributed by atoms with E-state index in [4.69, 9.17) is 0 Å². The van der Waals surface area contributed by atoms with Gasteiger partial charge in [-0.1, -0.05) is 6.58 Å². The van der Waals surface area contributed by atoms with Crippen molar-refractivity contribution >= 4 is 0 Å². The van der Waals surface area contributed by atoms with Crippen LogP contribution in [-0.4, -0.2) is 67.1 Å². The van der Waals surface area contributed by atoms with Crippen LogP contribution in [0, 0.1) is 0 Å². The summed E-state index contributed by atoms with van der Waals surface area (Å²) in [6.07, 6.45) is 0. The zero-order valence-corrected chi connectivity index (χ0v) is 11.6. The largest absolute Gasteiger partial charge is 0.380 e. The topological polar surface area (TPSA) is 9.72 Å². The minimum Gasteiger partial charge on any atom is -0.380 e. The van der Waals surface area contributed by atoms with Crippen molar-refractivity contribution in [3.63, 3.8) is 0 Å². The third-order valence-electron chi connectivity index (χ3n) is 3.36. The number of rotatable bonds is 3. The molecule has 0 atom stereocenters. The van der Waals surface area contributed by atoms with Gasteiger partial charge in [-0.3, -0.25) is 9.80 Å². The summed E-state index contributed by atoms with van der Waals surface area (Å²) in [5.41, 5.74) is 1.51. The van der Waals surface area contributed by atoms with Gasteiger partial charge in [-0.05, 0) is 20.8 Å². The molecule has 0 aromatic carbocycles. The van der Waals surface area contributed by atoms with Gasteiger partial charge in [0.15, 0.2) is 0 Å². The first kappa shape index (κ1) is 13.5. The highest BCUT2D eigenvalue weighted by Crippen LogP contribution is 2.16. The summed E-state index contributed by atoms with van der Waals surface area (Å²) in [6, 6.07) is 0. The van der Waals surface area contributed by atoms with Gasteiger partial charge >= 0.3 is 0 Å². The molecule has 1 aliphatic rings. The molecule has 0 N–H and O–H groups in total. The van der Waals surface area contributed by atoms with Crippen molar-refractivity contribution < 1.29 is 0 Å². The molecular weight excluding hydrogens is 198 g/mol. The van der Waals surface area contributed by atoms with Crippen LogP contribution < -0.4 is 0 Å². The highest BCUT2D eigenvalue weighted by molar-refractivity contribution is 4.95. The molecule has 1 aliphatic heterocycles. The number of nitrogens with zero attached hydrogens (tertiary/aromatic N) is 3. The van der Waals surface area contributed by atoms with Crippen LogP contribution in [0.1, 0.15) is 20.8 Å². The average Bonchev–Trinajstić information content (AvgIpc) is 2.17. The fourth-order valence-electron chi connectivity index (χ4n) is 1.98. The minimum atomic E-state index is 0.310. The van der Waals surface area contributed by atoms with E-state index in [1.165, 1.54) is 18.8 Å². The van der Waals surface area contributed by atoms with Gasteiger partial charge in [0.25, 0.3) is 0 Å². The molecule has 0 unspecified atom stereocenters. The van der Waals surface area contributed by atoms with Crippen LogP contribution in [0.25, 0.3) is 0 Å². The normalized spacial score (nSPS) is 19.8. The molecule has 1 fully saturated rings. The van der Waals surface area contributed by atoms with Crippen molar-refractivity contribution in [2.24, 2.45) is 0 Å². The Morgan fingerprint density at radius 3 is 2.00 bits per heavy atom. The Morgan fingerprint density at radius 1 is 1.12 bits per heavy atom. The van der Waals surface area contributed by atoms with E-state index in [1.54, 1.807) is 0 Å². The van der Waals surface area contributed by atoms with E-state index in [9.17, 15) is 0 Å². The van der Waals surface area contributed by atoms with Crippen LogP contribution in [0.5, 0.6) is 0 Å². The van der Waals surface area contributed by atoms with Gasteiger partial charge in [0.2, 0.25) is 0 Å². The fourth-order valence-corrected chi connectivity index (χ4v) is 1.98. The molecule has 1 heterocycles. The van der Waals surface area contributed by atoms with E-state index >= 15 is 0 Å². The Hall–Kier alpha value is -0.540. The summed E-state index contributed by atoms with van der Waals surface area (Å²) in [7, 11) is 4.13. The Balaban J connectivity index is 2.35. The molecule has 0 radical (unpaired) electrons. The highest BCUT2D eigenvalue weighted by atomic mass is 15.3. The van der Waals surface area contributed by atoms with Gasteiger partial charge < -0.3 is 4.90 Å². The smallest absolute Gasteiger partial charge is 0.0378 e. The minimum absolute atomic E-state index is 0.310.